The summed E-state index contributed by atoms with van der Waals surface area (Å²) in [6, 6.07) is 11.3. The second-order valence-corrected chi connectivity index (χ2v) is 9.72. The third-order valence-corrected chi connectivity index (χ3v) is 7.91. The number of aromatic nitrogens is 2. The van der Waals surface area contributed by atoms with Gasteiger partial charge in [0.05, 0.1) is 37.4 Å². The fourth-order valence-corrected chi connectivity index (χ4v) is 6.20. The molecule has 2 fully saturated rings. The number of hydrogen-bond donors (Lipinski definition) is 2. The van der Waals surface area contributed by atoms with Crippen LogP contribution in [0.15, 0.2) is 59.2 Å². The van der Waals surface area contributed by atoms with E-state index in [-0.39, 0.29) is 11.0 Å². The predicted octanol–water partition coefficient (Wildman–Crippen LogP) is 3.16. The van der Waals surface area contributed by atoms with Crippen molar-refractivity contribution in [1.29, 1.82) is 0 Å². The maximum absolute atomic E-state index is 13.0. The number of hydrogen-bond acceptors (Lipinski definition) is 5. The Labute approximate surface area is 189 Å². The lowest BCUT2D eigenvalue weighted by Gasteiger charge is -2.52. The Morgan fingerprint density at radius 2 is 2.12 bits per heavy atom. The van der Waals surface area contributed by atoms with Crippen LogP contribution in [0.3, 0.4) is 0 Å². The first-order valence-electron chi connectivity index (χ1n) is 11.9. The van der Waals surface area contributed by atoms with Gasteiger partial charge in [0.1, 0.15) is 0 Å². The Balaban J connectivity index is 1.42. The number of aliphatic hydroxyl groups is 1. The van der Waals surface area contributed by atoms with Gasteiger partial charge in [0, 0.05) is 23.6 Å². The largest absolute Gasteiger partial charge is 0.387 e. The molecule has 6 heteroatoms. The summed E-state index contributed by atoms with van der Waals surface area (Å²) in [6.45, 7) is 3.37. The number of benzene rings is 1. The normalized spacial score (nSPS) is 30.4. The Kier molecular flexibility index (Phi) is 6.01. The highest BCUT2D eigenvalue weighted by atomic mass is 16.5. The van der Waals surface area contributed by atoms with Crippen molar-refractivity contribution in [2.45, 2.75) is 50.7 Å². The smallest absolute Gasteiger partial charge is 0.253 e. The summed E-state index contributed by atoms with van der Waals surface area (Å²) >= 11 is 0. The number of ether oxygens (including phenoxy) is 1. The van der Waals surface area contributed by atoms with Crippen molar-refractivity contribution < 1.29 is 9.84 Å². The molecule has 0 radical (unpaired) electrons. The van der Waals surface area contributed by atoms with Crippen molar-refractivity contribution in [1.82, 2.24) is 14.9 Å². The quantitative estimate of drug-likeness (QED) is 0.706. The maximum atomic E-state index is 13.0. The van der Waals surface area contributed by atoms with Gasteiger partial charge in [-0.25, -0.2) is 4.98 Å². The molecule has 0 amide bonds. The van der Waals surface area contributed by atoms with E-state index in [0.29, 0.717) is 31.2 Å². The SMILES string of the molecule is O=c1cc(-c2ccccc2)ncn1CC1(O)CCNCC12CCCC2CC1=CCCOC1. The molecule has 2 aromatic rings. The van der Waals surface area contributed by atoms with Crippen molar-refractivity contribution in [2.24, 2.45) is 11.3 Å². The first-order chi connectivity index (χ1) is 15.6. The van der Waals surface area contributed by atoms with Gasteiger partial charge in [0.15, 0.2) is 0 Å². The third kappa shape index (κ3) is 3.96. The second-order valence-electron chi connectivity index (χ2n) is 9.72. The molecule has 5 rings (SSSR count). The van der Waals surface area contributed by atoms with E-state index in [1.54, 1.807) is 17.0 Å². The molecule has 3 unspecified atom stereocenters. The molecule has 0 bridgehead atoms. The van der Waals surface area contributed by atoms with Gasteiger partial charge in [-0.15, -0.1) is 0 Å². The van der Waals surface area contributed by atoms with Crippen LogP contribution in [0.25, 0.3) is 11.3 Å². The van der Waals surface area contributed by atoms with Crippen LogP contribution in [0.4, 0.5) is 0 Å². The molecule has 1 aliphatic carbocycles. The molecule has 1 aromatic carbocycles. The molecule has 2 N–H and O–H groups in total. The average Bonchev–Trinajstić information content (AvgIpc) is 3.22. The highest BCUT2D eigenvalue weighted by Crippen LogP contribution is 2.55. The van der Waals surface area contributed by atoms with Crippen molar-refractivity contribution >= 4 is 0 Å². The van der Waals surface area contributed by atoms with Crippen LogP contribution in [0.2, 0.25) is 0 Å². The van der Waals surface area contributed by atoms with Crippen LogP contribution in [0.5, 0.6) is 0 Å². The lowest BCUT2D eigenvalue weighted by molar-refractivity contribution is -0.136. The molecule has 1 aromatic heterocycles. The van der Waals surface area contributed by atoms with Gasteiger partial charge in [-0.1, -0.05) is 42.8 Å². The monoisotopic (exact) mass is 435 g/mol. The summed E-state index contributed by atoms with van der Waals surface area (Å²) in [5.74, 6) is 0.389. The molecule has 170 valence electrons. The Morgan fingerprint density at radius 3 is 2.91 bits per heavy atom. The van der Waals surface area contributed by atoms with E-state index in [1.807, 2.05) is 30.3 Å². The molecule has 1 saturated carbocycles. The fourth-order valence-electron chi connectivity index (χ4n) is 6.20. The van der Waals surface area contributed by atoms with Crippen LogP contribution in [0, 0.1) is 11.3 Å². The van der Waals surface area contributed by atoms with Crippen LogP contribution in [-0.4, -0.2) is 46.6 Å². The summed E-state index contributed by atoms with van der Waals surface area (Å²) in [5.41, 5.74) is 1.67. The van der Waals surface area contributed by atoms with Gasteiger partial charge in [0.2, 0.25) is 0 Å². The van der Waals surface area contributed by atoms with Gasteiger partial charge >= 0.3 is 0 Å². The third-order valence-electron chi connectivity index (χ3n) is 7.91. The lowest BCUT2D eigenvalue weighted by atomic mass is 9.60. The molecule has 3 heterocycles. The fraction of sp³-hybridized carbons (Fsp3) is 0.538. The van der Waals surface area contributed by atoms with Gasteiger partial charge in [0.25, 0.3) is 5.56 Å². The van der Waals surface area contributed by atoms with Crippen LogP contribution in [0.1, 0.15) is 38.5 Å². The Morgan fingerprint density at radius 1 is 1.25 bits per heavy atom. The zero-order valence-electron chi connectivity index (χ0n) is 18.6. The van der Waals surface area contributed by atoms with Crippen LogP contribution < -0.4 is 10.9 Å². The van der Waals surface area contributed by atoms with Gasteiger partial charge in [-0.3, -0.25) is 9.36 Å². The van der Waals surface area contributed by atoms with E-state index in [9.17, 15) is 9.90 Å². The molecule has 3 aliphatic rings. The summed E-state index contributed by atoms with van der Waals surface area (Å²) in [5, 5.41) is 15.7. The van der Waals surface area contributed by atoms with Crippen molar-refractivity contribution in [2.75, 3.05) is 26.3 Å². The van der Waals surface area contributed by atoms with E-state index in [4.69, 9.17) is 4.74 Å². The standard InChI is InChI=1S/C26H33N3O3/c30-24-15-23(21-7-2-1-3-8-21)28-19-29(24)18-26(31)11-12-27-17-25(26)10-4-9-22(25)14-20-6-5-13-32-16-20/h1-3,6-8,15,19,22,27,31H,4-5,9-14,16-18H2. The van der Waals surface area contributed by atoms with Gasteiger partial charge < -0.3 is 15.2 Å². The lowest BCUT2D eigenvalue weighted by Crippen LogP contribution is -2.63. The summed E-state index contributed by atoms with van der Waals surface area (Å²) in [4.78, 5) is 17.5. The summed E-state index contributed by atoms with van der Waals surface area (Å²) in [6.07, 6.45) is 9.74. The minimum atomic E-state index is -0.935. The van der Waals surface area contributed by atoms with E-state index >= 15 is 0 Å². The Bertz CT molecular complexity index is 1030. The minimum Gasteiger partial charge on any atom is -0.387 e. The summed E-state index contributed by atoms with van der Waals surface area (Å²) in [7, 11) is 0. The molecular weight excluding hydrogens is 402 g/mol. The number of piperidine rings is 1. The van der Waals surface area contributed by atoms with E-state index in [0.717, 1.165) is 57.4 Å². The van der Waals surface area contributed by atoms with Crippen LogP contribution >= 0.6 is 0 Å². The minimum absolute atomic E-state index is 0.112. The van der Waals surface area contributed by atoms with Gasteiger partial charge in [-0.2, -0.15) is 0 Å². The molecule has 1 spiro atoms. The topological polar surface area (TPSA) is 76.4 Å². The highest BCUT2D eigenvalue weighted by Gasteiger charge is 2.58. The van der Waals surface area contributed by atoms with E-state index in [1.165, 1.54) is 5.57 Å². The van der Waals surface area contributed by atoms with Crippen molar-refractivity contribution in [3.8, 4) is 11.3 Å². The van der Waals surface area contributed by atoms with Crippen molar-refractivity contribution in [3.63, 3.8) is 0 Å². The zero-order valence-corrected chi connectivity index (χ0v) is 18.6. The van der Waals surface area contributed by atoms with Gasteiger partial charge in [-0.05, 0) is 50.1 Å². The first-order valence-corrected chi connectivity index (χ1v) is 11.9. The second kappa shape index (κ2) is 8.93. The molecule has 32 heavy (non-hydrogen) atoms. The molecule has 2 aliphatic heterocycles. The maximum Gasteiger partial charge on any atom is 0.253 e. The number of nitrogens with zero attached hydrogens (tertiary/aromatic N) is 2. The molecule has 1 saturated heterocycles. The summed E-state index contributed by atoms with van der Waals surface area (Å²) < 4.78 is 7.29. The first kappa shape index (κ1) is 21.6. The predicted molar refractivity (Wildman–Crippen MR) is 124 cm³/mol. The average molecular weight is 436 g/mol. The molecule has 3 atom stereocenters. The van der Waals surface area contributed by atoms with E-state index < -0.39 is 5.60 Å². The number of nitrogens with one attached hydrogen (secondary N) is 1. The zero-order chi connectivity index (χ0) is 22.0. The number of rotatable bonds is 5. The van der Waals surface area contributed by atoms with Crippen molar-refractivity contribution in [3.05, 3.63) is 64.7 Å². The highest BCUT2D eigenvalue weighted by molar-refractivity contribution is 5.57. The van der Waals surface area contributed by atoms with Crippen LogP contribution in [-0.2, 0) is 11.3 Å². The Hall–Kier alpha value is -2.28. The molecule has 6 nitrogen and oxygen atoms in total. The van der Waals surface area contributed by atoms with E-state index in [2.05, 4.69) is 16.4 Å². The molecular formula is C26H33N3O3.